The number of nitrogens with zero attached hydrogens (tertiary/aromatic N) is 3. The first-order chi connectivity index (χ1) is 10.5. The molecule has 22 heavy (non-hydrogen) atoms. The van der Waals surface area contributed by atoms with E-state index in [1.54, 1.807) is 18.3 Å². The second kappa shape index (κ2) is 7.72. The van der Waals surface area contributed by atoms with Gasteiger partial charge in [0.2, 0.25) is 0 Å². The number of aliphatic hydroxyl groups excluding tert-OH is 1. The van der Waals surface area contributed by atoms with Crippen molar-refractivity contribution in [1.29, 1.82) is 0 Å². The quantitative estimate of drug-likeness (QED) is 0.785. The number of rotatable bonds is 7. The number of benzene rings is 1. The third-order valence-electron chi connectivity index (χ3n) is 3.19. The van der Waals surface area contributed by atoms with Gasteiger partial charge in [-0.1, -0.05) is 12.1 Å². The molecule has 1 aromatic carbocycles. The second-order valence-electron chi connectivity index (χ2n) is 5.53. The Morgan fingerprint density at radius 2 is 2.09 bits per heavy atom. The largest absolute Gasteiger partial charge is 0.390 e. The molecule has 0 radical (unpaired) electrons. The zero-order valence-corrected chi connectivity index (χ0v) is 12.9. The summed E-state index contributed by atoms with van der Waals surface area (Å²) in [5.74, 6) is -0.177. The fourth-order valence-electron chi connectivity index (χ4n) is 2.14. The molecule has 2 rings (SSSR count). The summed E-state index contributed by atoms with van der Waals surface area (Å²) >= 11 is 0. The van der Waals surface area contributed by atoms with Crippen molar-refractivity contribution in [3.05, 3.63) is 53.9 Å². The highest BCUT2D eigenvalue weighted by molar-refractivity contribution is 5.94. The summed E-state index contributed by atoms with van der Waals surface area (Å²) in [6.45, 7) is 1.44. The predicted molar refractivity (Wildman–Crippen MR) is 84.7 cm³/mol. The van der Waals surface area contributed by atoms with Crippen LogP contribution < -0.4 is 5.32 Å². The molecule has 1 unspecified atom stereocenters. The lowest BCUT2D eigenvalue weighted by molar-refractivity contribution is 0.0892. The molecule has 2 aromatic rings. The Bertz CT molecular complexity index is 579. The van der Waals surface area contributed by atoms with Crippen molar-refractivity contribution in [3.63, 3.8) is 0 Å². The lowest BCUT2D eigenvalue weighted by atomic mass is 10.1. The first-order valence-electron chi connectivity index (χ1n) is 7.22. The third kappa shape index (κ3) is 4.98. The Hall–Kier alpha value is -2.18. The fraction of sp³-hybridized carbons (Fsp3) is 0.375. The molecule has 1 heterocycles. The molecule has 0 saturated heterocycles. The van der Waals surface area contributed by atoms with Crippen LogP contribution in [0, 0.1) is 0 Å². The van der Waals surface area contributed by atoms with Gasteiger partial charge in [-0.15, -0.1) is 0 Å². The minimum absolute atomic E-state index is 0.177. The number of aromatic nitrogens is 2. The van der Waals surface area contributed by atoms with Gasteiger partial charge in [-0.05, 0) is 37.9 Å². The van der Waals surface area contributed by atoms with Crippen LogP contribution in [0.15, 0.2) is 42.7 Å². The van der Waals surface area contributed by atoms with Crippen LogP contribution in [0.3, 0.4) is 0 Å². The maximum Gasteiger partial charge on any atom is 0.251 e. The highest BCUT2D eigenvalue weighted by atomic mass is 16.3. The molecule has 0 aliphatic carbocycles. The summed E-state index contributed by atoms with van der Waals surface area (Å²) in [4.78, 5) is 13.9. The maximum atomic E-state index is 12.0. The van der Waals surface area contributed by atoms with E-state index in [1.807, 2.05) is 48.1 Å². The predicted octanol–water partition coefficient (Wildman–Crippen LogP) is 0.584. The van der Waals surface area contributed by atoms with E-state index in [4.69, 9.17) is 0 Å². The lowest BCUT2D eigenvalue weighted by Crippen LogP contribution is -2.37. The standard InChI is InChI=1S/C16H22N4O2/c1-19(2)12-15(21)10-17-16(22)14-6-4-13(5-7-14)11-20-9-3-8-18-20/h3-9,15,21H,10-12H2,1-2H3,(H,17,22). The summed E-state index contributed by atoms with van der Waals surface area (Å²) < 4.78 is 1.83. The Labute approximate surface area is 130 Å². The van der Waals surface area contributed by atoms with Gasteiger partial charge in [0.15, 0.2) is 0 Å². The third-order valence-corrected chi connectivity index (χ3v) is 3.19. The van der Waals surface area contributed by atoms with E-state index >= 15 is 0 Å². The average Bonchev–Trinajstić information content (AvgIpc) is 2.98. The van der Waals surface area contributed by atoms with Gasteiger partial charge in [-0.2, -0.15) is 5.10 Å². The SMILES string of the molecule is CN(C)CC(O)CNC(=O)c1ccc(Cn2cccn2)cc1. The van der Waals surface area contributed by atoms with Crippen LogP contribution in [0.25, 0.3) is 0 Å². The molecule has 0 aliphatic heterocycles. The molecule has 1 atom stereocenters. The van der Waals surface area contributed by atoms with Crippen LogP contribution in [0.5, 0.6) is 0 Å². The van der Waals surface area contributed by atoms with Crippen molar-refractivity contribution < 1.29 is 9.90 Å². The van der Waals surface area contributed by atoms with Crippen molar-refractivity contribution in [1.82, 2.24) is 20.0 Å². The minimum Gasteiger partial charge on any atom is -0.390 e. The average molecular weight is 302 g/mol. The van der Waals surface area contributed by atoms with Gasteiger partial charge >= 0.3 is 0 Å². The number of likely N-dealkylation sites (N-methyl/N-ethyl adjacent to an activating group) is 1. The second-order valence-corrected chi connectivity index (χ2v) is 5.53. The summed E-state index contributed by atoms with van der Waals surface area (Å²) in [7, 11) is 3.76. The zero-order valence-electron chi connectivity index (χ0n) is 12.9. The van der Waals surface area contributed by atoms with Crippen LogP contribution >= 0.6 is 0 Å². The number of aliphatic hydroxyl groups is 1. The number of carbonyl (C=O) groups is 1. The lowest BCUT2D eigenvalue weighted by Gasteiger charge is -2.16. The summed E-state index contributed by atoms with van der Waals surface area (Å²) in [5, 5.41) is 16.6. The van der Waals surface area contributed by atoms with Gasteiger partial charge in [-0.3, -0.25) is 9.48 Å². The first-order valence-corrected chi connectivity index (χ1v) is 7.22. The van der Waals surface area contributed by atoms with Gasteiger partial charge in [0.1, 0.15) is 0 Å². The van der Waals surface area contributed by atoms with Crippen LogP contribution in [-0.2, 0) is 6.54 Å². The van der Waals surface area contributed by atoms with E-state index in [-0.39, 0.29) is 12.5 Å². The van der Waals surface area contributed by atoms with E-state index in [0.717, 1.165) is 5.56 Å². The van der Waals surface area contributed by atoms with E-state index in [9.17, 15) is 9.90 Å². The van der Waals surface area contributed by atoms with Crippen LogP contribution in [0.2, 0.25) is 0 Å². The van der Waals surface area contributed by atoms with E-state index in [1.165, 1.54) is 0 Å². The summed E-state index contributed by atoms with van der Waals surface area (Å²) in [5.41, 5.74) is 1.66. The molecule has 0 saturated carbocycles. The molecular weight excluding hydrogens is 280 g/mol. The fourth-order valence-corrected chi connectivity index (χ4v) is 2.14. The van der Waals surface area contributed by atoms with Crippen molar-refractivity contribution in [3.8, 4) is 0 Å². The van der Waals surface area contributed by atoms with Crippen molar-refractivity contribution in [2.75, 3.05) is 27.2 Å². The number of amides is 1. The van der Waals surface area contributed by atoms with E-state index in [2.05, 4.69) is 10.4 Å². The molecule has 0 aliphatic rings. The van der Waals surface area contributed by atoms with Crippen molar-refractivity contribution in [2.45, 2.75) is 12.6 Å². The Balaban J connectivity index is 1.85. The number of carbonyl (C=O) groups excluding carboxylic acids is 1. The minimum atomic E-state index is -0.571. The van der Waals surface area contributed by atoms with Crippen molar-refractivity contribution in [2.24, 2.45) is 0 Å². The van der Waals surface area contributed by atoms with E-state index in [0.29, 0.717) is 18.7 Å². The van der Waals surface area contributed by atoms with E-state index < -0.39 is 6.10 Å². The molecule has 6 nitrogen and oxygen atoms in total. The number of nitrogens with one attached hydrogen (secondary N) is 1. The Morgan fingerprint density at radius 1 is 1.36 bits per heavy atom. The molecule has 118 valence electrons. The molecule has 1 aromatic heterocycles. The van der Waals surface area contributed by atoms with Crippen LogP contribution in [0.1, 0.15) is 15.9 Å². The molecular formula is C16H22N4O2. The molecule has 1 amide bonds. The Kier molecular flexibility index (Phi) is 5.68. The molecule has 0 bridgehead atoms. The molecule has 2 N–H and O–H groups in total. The topological polar surface area (TPSA) is 70.4 Å². The highest BCUT2D eigenvalue weighted by Crippen LogP contribution is 2.06. The van der Waals surface area contributed by atoms with Gasteiger partial charge < -0.3 is 15.3 Å². The normalized spacial score (nSPS) is 12.4. The van der Waals surface area contributed by atoms with Crippen LogP contribution in [0.4, 0.5) is 0 Å². The van der Waals surface area contributed by atoms with Crippen molar-refractivity contribution >= 4 is 5.91 Å². The smallest absolute Gasteiger partial charge is 0.251 e. The van der Waals surface area contributed by atoms with Gasteiger partial charge in [0.05, 0.1) is 12.6 Å². The zero-order chi connectivity index (χ0) is 15.9. The van der Waals surface area contributed by atoms with Gasteiger partial charge in [0, 0.05) is 31.0 Å². The maximum absolute atomic E-state index is 12.0. The number of hydrogen-bond donors (Lipinski definition) is 2. The number of hydrogen-bond acceptors (Lipinski definition) is 4. The van der Waals surface area contributed by atoms with Gasteiger partial charge in [0.25, 0.3) is 5.91 Å². The Morgan fingerprint density at radius 3 is 2.68 bits per heavy atom. The monoisotopic (exact) mass is 302 g/mol. The molecule has 0 fully saturated rings. The molecule has 6 heteroatoms. The first kappa shape index (κ1) is 16.2. The van der Waals surface area contributed by atoms with Gasteiger partial charge in [-0.25, -0.2) is 0 Å². The van der Waals surface area contributed by atoms with Crippen LogP contribution in [-0.4, -0.2) is 59.0 Å². The summed E-state index contributed by atoms with van der Waals surface area (Å²) in [6, 6.07) is 9.26. The summed E-state index contributed by atoms with van der Waals surface area (Å²) in [6.07, 6.45) is 3.06. The molecule has 0 spiro atoms. The highest BCUT2D eigenvalue weighted by Gasteiger charge is 2.09.